The molecular weight excluding hydrogens is 312 g/mol. The fraction of sp³-hybridized carbons (Fsp3) is 0.375. The van der Waals surface area contributed by atoms with Crippen LogP contribution in [0, 0.1) is 6.92 Å². The summed E-state index contributed by atoms with van der Waals surface area (Å²) in [6.07, 6.45) is -0.918. The van der Waals surface area contributed by atoms with Crippen molar-refractivity contribution in [1.29, 1.82) is 0 Å². The van der Waals surface area contributed by atoms with Crippen molar-refractivity contribution in [2.24, 2.45) is 0 Å². The van der Waals surface area contributed by atoms with Crippen LogP contribution in [0.2, 0.25) is 0 Å². The molecule has 1 fully saturated rings. The fourth-order valence-corrected chi connectivity index (χ4v) is 2.75. The first-order valence-corrected chi connectivity index (χ1v) is 7.59. The number of ketones is 1. The molecule has 1 aromatic carbocycles. The van der Waals surface area contributed by atoms with Gasteiger partial charge in [0.15, 0.2) is 5.78 Å². The Morgan fingerprint density at radius 1 is 1.38 bits per heavy atom. The van der Waals surface area contributed by atoms with Crippen molar-refractivity contribution in [3.05, 3.63) is 29.6 Å². The van der Waals surface area contributed by atoms with E-state index in [2.05, 4.69) is 10.3 Å². The summed E-state index contributed by atoms with van der Waals surface area (Å²) in [6, 6.07) is 5.18. The van der Waals surface area contributed by atoms with Crippen molar-refractivity contribution in [1.82, 2.24) is 15.0 Å². The zero-order chi connectivity index (χ0) is 17.4. The van der Waals surface area contributed by atoms with E-state index < -0.39 is 12.2 Å². The summed E-state index contributed by atoms with van der Waals surface area (Å²) in [4.78, 5) is 39.1. The number of carbonyl (C=O) groups excluding carboxylic acids is 3. The minimum absolute atomic E-state index is 0.0416. The smallest absolute Gasteiger partial charge is 0.429 e. The summed E-state index contributed by atoms with van der Waals surface area (Å²) >= 11 is 0. The van der Waals surface area contributed by atoms with E-state index in [4.69, 9.17) is 4.74 Å². The number of nitrogens with one attached hydrogen (secondary N) is 1. The number of Topliss-reactive ketones (excluding diaryl/α,β-unsaturated/α-hetero) is 1. The minimum atomic E-state index is -0.497. The first-order chi connectivity index (χ1) is 11.4. The van der Waals surface area contributed by atoms with Crippen LogP contribution in [0.15, 0.2) is 18.2 Å². The highest BCUT2D eigenvalue weighted by Crippen LogP contribution is 2.21. The largest absolute Gasteiger partial charge is 0.441 e. The summed E-state index contributed by atoms with van der Waals surface area (Å²) in [7, 11) is 0. The highest BCUT2D eigenvalue weighted by Gasteiger charge is 2.34. The lowest BCUT2D eigenvalue weighted by atomic mass is 10.1. The van der Waals surface area contributed by atoms with Gasteiger partial charge in [0.2, 0.25) is 5.91 Å². The Morgan fingerprint density at radius 2 is 2.12 bits per heavy atom. The van der Waals surface area contributed by atoms with Crippen LogP contribution < -0.4 is 10.3 Å². The van der Waals surface area contributed by atoms with E-state index in [-0.39, 0.29) is 18.2 Å². The van der Waals surface area contributed by atoms with Gasteiger partial charge in [0.1, 0.15) is 11.9 Å². The molecule has 3 rings (SSSR count). The second-order valence-electron chi connectivity index (χ2n) is 5.76. The number of amides is 2. The molecule has 1 aromatic heterocycles. The van der Waals surface area contributed by atoms with Crippen LogP contribution in [0.3, 0.4) is 0 Å². The number of carbonyl (C=O) groups is 3. The standard InChI is InChI=1S/C16H18N4O4/c1-9(21)12-4-5-15-14(6-12)18-10(2)20(15)19-8-13(24-16(19)23)7-17-11(3)22/h4-6,13H,7-8H2,1-3H3,(H,17,22). The molecule has 0 saturated carbocycles. The van der Waals surface area contributed by atoms with E-state index in [1.54, 1.807) is 29.8 Å². The van der Waals surface area contributed by atoms with Gasteiger partial charge in [-0.05, 0) is 32.0 Å². The molecule has 1 aliphatic rings. The molecule has 0 bridgehead atoms. The average molecular weight is 330 g/mol. The number of hydrogen-bond acceptors (Lipinski definition) is 5. The molecule has 2 heterocycles. The lowest BCUT2D eigenvalue weighted by molar-refractivity contribution is -0.119. The first kappa shape index (κ1) is 16.0. The van der Waals surface area contributed by atoms with E-state index >= 15 is 0 Å². The van der Waals surface area contributed by atoms with Crippen molar-refractivity contribution in [3.63, 3.8) is 0 Å². The lowest BCUT2D eigenvalue weighted by Crippen LogP contribution is -2.38. The van der Waals surface area contributed by atoms with Gasteiger partial charge in [-0.25, -0.2) is 19.5 Å². The Morgan fingerprint density at radius 3 is 2.79 bits per heavy atom. The van der Waals surface area contributed by atoms with Gasteiger partial charge in [0.05, 0.1) is 24.1 Å². The van der Waals surface area contributed by atoms with Crippen LogP contribution in [0.5, 0.6) is 0 Å². The number of imidazole rings is 1. The van der Waals surface area contributed by atoms with Gasteiger partial charge >= 0.3 is 6.09 Å². The number of ether oxygens (including phenoxy) is 1. The first-order valence-electron chi connectivity index (χ1n) is 7.59. The van der Waals surface area contributed by atoms with Crippen LogP contribution in [-0.4, -0.2) is 46.6 Å². The zero-order valence-electron chi connectivity index (χ0n) is 13.7. The molecule has 24 heavy (non-hydrogen) atoms. The zero-order valence-corrected chi connectivity index (χ0v) is 13.7. The Bertz CT molecular complexity index is 842. The number of benzene rings is 1. The maximum absolute atomic E-state index is 12.2. The number of rotatable bonds is 4. The Labute approximate surface area is 138 Å². The van der Waals surface area contributed by atoms with Crippen LogP contribution >= 0.6 is 0 Å². The molecule has 126 valence electrons. The molecule has 1 unspecified atom stereocenters. The quantitative estimate of drug-likeness (QED) is 0.849. The maximum Gasteiger partial charge on any atom is 0.429 e. The monoisotopic (exact) mass is 330 g/mol. The predicted molar refractivity (Wildman–Crippen MR) is 86.5 cm³/mol. The lowest BCUT2D eigenvalue weighted by Gasteiger charge is -2.17. The topological polar surface area (TPSA) is 93.5 Å². The van der Waals surface area contributed by atoms with E-state index in [9.17, 15) is 14.4 Å². The van der Waals surface area contributed by atoms with Gasteiger partial charge in [-0.15, -0.1) is 0 Å². The second-order valence-corrected chi connectivity index (χ2v) is 5.76. The molecule has 8 heteroatoms. The summed E-state index contributed by atoms with van der Waals surface area (Å²) in [6.45, 7) is 5.25. The Balaban J connectivity index is 1.91. The van der Waals surface area contributed by atoms with Crippen LogP contribution in [-0.2, 0) is 9.53 Å². The number of aryl methyl sites for hydroxylation is 1. The van der Waals surface area contributed by atoms with E-state index in [1.165, 1.54) is 18.9 Å². The van der Waals surface area contributed by atoms with Crippen LogP contribution in [0.25, 0.3) is 11.0 Å². The molecule has 1 atom stereocenters. The van der Waals surface area contributed by atoms with E-state index in [0.717, 1.165) is 5.52 Å². The summed E-state index contributed by atoms with van der Waals surface area (Å²) in [5.74, 6) is 0.397. The van der Waals surface area contributed by atoms with Crippen molar-refractivity contribution in [2.45, 2.75) is 26.9 Å². The van der Waals surface area contributed by atoms with Gasteiger partial charge in [-0.3, -0.25) is 9.59 Å². The average Bonchev–Trinajstić information content (AvgIpc) is 3.03. The third kappa shape index (κ3) is 2.82. The second kappa shape index (κ2) is 5.95. The summed E-state index contributed by atoms with van der Waals surface area (Å²) in [5, 5.41) is 4.09. The van der Waals surface area contributed by atoms with Crippen molar-refractivity contribution >= 4 is 28.8 Å². The molecule has 2 aromatic rings. The number of cyclic esters (lactones) is 1. The number of fused-ring (bicyclic) bond motifs is 1. The molecule has 0 radical (unpaired) electrons. The van der Waals surface area contributed by atoms with Crippen molar-refractivity contribution < 1.29 is 19.1 Å². The summed E-state index contributed by atoms with van der Waals surface area (Å²) < 4.78 is 6.96. The number of hydrogen-bond donors (Lipinski definition) is 1. The van der Waals surface area contributed by atoms with E-state index in [0.29, 0.717) is 23.4 Å². The van der Waals surface area contributed by atoms with Crippen molar-refractivity contribution in [2.75, 3.05) is 18.1 Å². The normalized spacial score (nSPS) is 17.2. The Kier molecular flexibility index (Phi) is 3.96. The molecule has 0 aliphatic carbocycles. The highest BCUT2D eigenvalue weighted by atomic mass is 16.6. The molecule has 1 saturated heterocycles. The molecule has 8 nitrogen and oxygen atoms in total. The fourth-order valence-electron chi connectivity index (χ4n) is 2.75. The molecule has 1 aliphatic heterocycles. The maximum atomic E-state index is 12.2. The Hall–Kier alpha value is -2.90. The molecule has 1 N–H and O–H groups in total. The molecule has 2 amide bonds. The van der Waals surface area contributed by atoms with Crippen LogP contribution in [0.1, 0.15) is 30.0 Å². The minimum Gasteiger partial charge on any atom is -0.441 e. The van der Waals surface area contributed by atoms with Gasteiger partial charge in [-0.2, -0.15) is 0 Å². The van der Waals surface area contributed by atoms with Gasteiger partial charge in [0.25, 0.3) is 0 Å². The van der Waals surface area contributed by atoms with Crippen molar-refractivity contribution in [3.8, 4) is 0 Å². The number of aromatic nitrogens is 2. The van der Waals surface area contributed by atoms with Gasteiger partial charge in [-0.1, -0.05) is 0 Å². The SMILES string of the molecule is CC(=O)NCC1CN(n2c(C)nc3cc(C(C)=O)ccc32)C(=O)O1. The van der Waals surface area contributed by atoms with Crippen LogP contribution in [0.4, 0.5) is 4.79 Å². The highest BCUT2D eigenvalue weighted by molar-refractivity contribution is 5.97. The molecule has 0 spiro atoms. The predicted octanol–water partition coefficient (Wildman–Crippen LogP) is 1.14. The third-order valence-electron chi connectivity index (χ3n) is 3.87. The van der Waals surface area contributed by atoms with E-state index in [1.807, 2.05) is 0 Å². The number of nitrogens with zero attached hydrogens (tertiary/aromatic N) is 3. The summed E-state index contributed by atoms with van der Waals surface area (Å²) in [5.41, 5.74) is 1.92. The third-order valence-corrected chi connectivity index (χ3v) is 3.87. The van der Waals surface area contributed by atoms with Gasteiger partial charge < -0.3 is 10.1 Å². The van der Waals surface area contributed by atoms with Gasteiger partial charge in [0, 0.05) is 12.5 Å². The molecular formula is C16H18N4O4.